The lowest BCUT2D eigenvalue weighted by molar-refractivity contribution is -0.135. The van der Waals surface area contributed by atoms with Gasteiger partial charge in [-0.15, -0.1) is 0 Å². The third-order valence-electron chi connectivity index (χ3n) is 4.83. The number of nitrogens with one attached hydrogen (secondary N) is 2. The first-order chi connectivity index (χ1) is 12.4. The lowest BCUT2D eigenvalue weighted by atomic mass is 10.1. The van der Waals surface area contributed by atoms with Crippen molar-refractivity contribution in [3.8, 4) is 0 Å². The van der Waals surface area contributed by atoms with Gasteiger partial charge in [-0.2, -0.15) is 0 Å². The van der Waals surface area contributed by atoms with Gasteiger partial charge in [-0.3, -0.25) is 4.79 Å². The summed E-state index contributed by atoms with van der Waals surface area (Å²) in [5.41, 5.74) is 2.83. The van der Waals surface area contributed by atoms with Crippen molar-refractivity contribution in [1.82, 2.24) is 10.2 Å². The molecule has 2 N–H and O–H groups in total. The van der Waals surface area contributed by atoms with Gasteiger partial charge in [-0.25, -0.2) is 4.79 Å². The number of rotatable bonds is 8. The molecule has 0 spiro atoms. The van der Waals surface area contributed by atoms with E-state index >= 15 is 0 Å². The second-order valence-corrected chi connectivity index (χ2v) is 7.22. The van der Waals surface area contributed by atoms with E-state index in [1.807, 2.05) is 49.0 Å². The van der Waals surface area contributed by atoms with Crippen LogP contribution in [-0.2, 0) is 11.3 Å². The Kier molecular flexibility index (Phi) is 6.89. The zero-order chi connectivity index (χ0) is 19.3. The maximum atomic E-state index is 12.8. The average molecular weight is 361 g/mol. The van der Waals surface area contributed by atoms with Crippen molar-refractivity contribution in [2.24, 2.45) is 5.92 Å². The van der Waals surface area contributed by atoms with Crippen LogP contribution in [0, 0.1) is 5.92 Å². The van der Waals surface area contributed by atoms with Crippen LogP contribution in [0.25, 0.3) is 0 Å². The molecule has 0 radical (unpaired) electrons. The summed E-state index contributed by atoms with van der Waals surface area (Å²) in [5.74, 6) is 0.453. The molecule has 1 aromatic carbocycles. The summed E-state index contributed by atoms with van der Waals surface area (Å²) in [6.07, 6.45) is 2.93. The largest absolute Gasteiger partial charge is 0.377 e. The smallest absolute Gasteiger partial charge is 0.319 e. The molecule has 1 atom stereocenters. The molecule has 26 heavy (non-hydrogen) atoms. The predicted molar refractivity (Wildman–Crippen MR) is 106 cm³/mol. The minimum Gasteiger partial charge on any atom is -0.377 e. The monoisotopic (exact) mass is 360 g/mol. The molecule has 0 heterocycles. The van der Waals surface area contributed by atoms with Gasteiger partial charge in [0.25, 0.3) is 0 Å². The first-order valence-electron chi connectivity index (χ1n) is 9.52. The summed E-state index contributed by atoms with van der Waals surface area (Å²) in [7, 11) is 3.98. The molecule has 1 unspecified atom stereocenters. The molecule has 3 amide bonds. The molecule has 0 aliphatic heterocycles. The van der Waals surface area contributed by atoms with E-state index in [4.69, 9.17) is 0 Å². The highest BCUT2D eigenvalue weighted by Crippen LogP contribution is 2.33. The van der Waals surface area contributed by atoms with Gasteiger partial charge in [0.2, 0.25) is 5.91 Å². The van der Waals surface area contributed by atoms with E-state index in [1.54, 1.807) is 0 Å². The molecule has 144 valence electrons. The van der Waals surface area contributed by atoms with Crippen LogP contribution >= 0.6 is 0 Å². The van der Waals surface area contributed by atoms with Crippen LogP contribution in [0.4, 0.5) is 16.2 Å². The first kappa shape index (κ1) is 20.1. The fraction of sp³-hybridized carbons (Fsp3) is 0.600. The van der Waals surface area contributed by atoms with Crippen LogP contribution in [0.1, 0.15) is 45.6 Å². The van der Waals surface area contributed by atoms with Gasteiger partial charge in [0.15, 0.2) is 0 Å². The Labute approximate surface area is 156 Å². The second kappa shape index (κ2) is 8.92. The van der Waals surface area contributed by atoms with Gasteiger partial charge in [-0.05, 0) is 56.9 Å². The Hall–Kier alpha value is -2.24. The maximum Gasteiger partial charge on any atom is 0.319 e. The van der Waals surface area contributed by atoms with Gasteiger partial charge < -0.3 is 20.4 Å². The van der Waals surface area contributed by atoms with Crippen LogP contribution in [0.3, 0.4) is 0 Å². The summed E-state index contributed by atoms with van der Waals surface area (Å²) >= 11 is 0. The van der Waals surface area contributed by atoms with Crippen LogP contribution in [0.15, 0.2) is 18.2 Å². The zero-order valence-corrected chi connectivity index (χ0v) is 16.6. The van der Waals surface area contributed by atoms with Crippen molar-refractivity contribution < 1.29 is 9.59 Å². The lowest BCUT2D eigenvalue weighted by Gasteiger charge is -2.31. The van der Waals surface area contributed by atoms with Crippen molar-refractivity contribution in [3.63, 3.8) is 0 Å². The van der Waals surface area contributed by atoms with E-state index in [2.05, 4.69) is 24.5 Å². The Morgan fingerprint density at radius 2 is 1.92 bits per heavy atom. The molecule has 0 bridgehead atoms. The van der Waals surface area contributed by atoms with Crippen LogP contribution in [-0.4, -0.2) is 43.5 Å². The topological polar surface area (TPSA) is 64.7 Å². The average Bonchev–Trinajstić information content (AvgIpc) is 3.43. The third-order valence-corrected chi connectivity index (χ3v) is 4.83. The zero-order valence-electron chi connectivity index (χ0n) is 16.6. The molecule has 1 fully saturated rings. The highest BCUT2D eigenvalue weighted by atomic mass is 16.2. The van der Waals surface area contributed by atoms with Crippen molar-refractivity contribution in [2.45, 2.75) is 52.6 Å². The van der Waals surface area contributed by atoms with E-state index < -0.39 is 0 Å². The Morgan fingerprint density at radius 3 is 2.46 bits per heavy atom. The highest BCUT2D eigenvalue weighted by Gasteiger charge is 2.35. The van der Waals surface area contributed by atoms with Crippen LogP contribution < -0.4 is 15.5 Å². The summed E-state index contributed by atoms with van der Waals surface area (Å²) in [6.45, 7) is 7.23. The SMILES string of the molecule is CCNC(=O)Nc1ccc(N(C)C)c(CN(C(=O)C2CC2)C(C)CC)c1. The van der Waals surface area contributed by atoms with E-state index in [1.165, 1.54) is 0 Å². The summed E-state index contributed by atoms with van der Waals surface area (Å²) in [6, 6.07) is 5.83. The molecule has 1 aromatic rings. The summed E-state index contributed by atoms with van der Waals surface area (Å²) in [5, 5.41) is 5.59. The summed E-state index contributed by atoms with van der Waals surface area (Å²) < 4.78 is 0. The van der Waals surface area contributed by atoms with Crippen molar-refractivity contribution in [2.75, 3.05) is 30.9 Å². The van der Waals surface area contributed by atoms with Crippen molar-refractivity contribution in [3.05, 3.63) is 23.8 Å². The maximum absolute atomic E-state index is 12.8. The fourth-order valence-corrected chi connectivity index (χ4v) is 2.98. The summed E-state index contributed by atoms with van der Waals surface area (Å²) in [4.78, 5) is 28.6. The minimum atomic E-state index is -0.219. The number of nitrogens with zero attached hydrogens (tertiary/aromatic N) is 2. The van der Waals surface area contributed by atoms with Gasteiger partial charge in [0.05, 0.1) is 0 Å². The number of carbonyl (C=O) groups excluding carboxylic acids is 2. The molecule has 0 aromatic heterocycles. The van der Waals surface area contributed by atoms with E-state index in [0.29, 0.717) is 13.1 Å². The fourth-order valence-electron chi connectivity index (χ4n) is 2.98. The third kappa shape index (κ3) is 5.13. The highest BCUT2D eigenvalue weighted by molar-refractivity contribution is 5.89. The van der Waals surface area contributed by atoms with Gasteiger partial charge in [0, 0.05) is 50.5 Å². The Bertz CT molecular complexity index is 641. The Balaban J connectivity index is 2.27. The number of anilines is 2. The quantitative estimate of drug-likeness (QED) is 0.746. The van der Waals surface area contributed by atoms with Crippen LogP contribution in [0.5, 0.6) is 0 Å². The number of hydrogen-bond donors (Lipinski definition) is 2. The van der Waals surface area contributed by atoms with E-state index in [-0.39, 0.29) is 23.9 Å². The molecule has 2 rings (SSSR count). The number of amides is 3. The molecular weight excluding hydrogens is 328 g/mol. The molecule has 0 saturated heterocycles. The second-order valence-electron chi connectivity index (χ2n) is 7.22. The molecule has 1 aliphatic carbocycles. The molecular formula is C20H32N4O2. The van der Waals surface area contributed by atoms with E-state index in [9.17, 15) is 9.59 Å². The Morgan fingerprint density at radius 1 is 1.23 bits per heavy atom. The van der Waals surface area contributed by atoms with Crippen molar-refractivity contribution in [1.29, 1.82) is 0 Å². The van der Waals surface area contributed by atoms with Gasteiger partial charge in [-0.1, -0.05) is 6.92 Å². The molecule has 6 heteroatoms. The van der Waals surface area contributed by atoms with Crippen molar-refractivity contribution >= 4 is 23.3 Å². The van der Waals surface area contributed by atoms with Gasteiger partial charge >= 0.3 is 6.03 Å². The number of carbonyl (C=O) groups is 2. The normalized spacial score (nSPS) is 14.5. The lowest BCUT2D eigenvalue weighted by Crippen LogP contribution is -2.39. The molecule has 1 aliphatic rings. The molecule has 1 saturated carbocycles. The molecule has 6 nitrogen and oxygen atoms in total. The standard InChI is InChI=1S/C20H32N4O2/c1-6-14(3)24(19(25)15-8-9-15)13-16-12-17(22-20(26)21-7-2)10-11-18(16)23(4)5/h10-12,14-15H,6-9,13H2,1-5H3,(H2,21,22,26). The first-order valence-corrected chi connectivity index (χ1v) is 9.52. The minimum absolute atomic E-state index is 0.193. The van der Waals surface area contributed by atoms with E-state index in [0.717, 1.165) is 36.2 Å². The van der Waals surface area contributed by atoms with Gasteiger partial charge in [0.1, 0.15) is 0 Å². The number of benzene rings is 1. The van der Waals surface area contributed by atoms with Crippen LogP contribution in [0.2, 0.25) is 0 Å². The number of hydrogen-bond acceptors (Lipinski definition) is 3. The number of urea groups is 1. The predicted octanol–water partition coefficient (Wildman–Crippen LogP) is 3.43.